The lowest BCUT2D eigenvalue weighted by Crippen LogP contribution is -2.24. The molecule has 0 spiro atoms. The highest BCUT2D eigenvalue weighted by Gasteiger charge is 2.23. The molecule has 1 aromatic carbocycles. The Hall–Kier alpha value is -3.68. The second-order valence-electron chi connectivity index (χ2n) is 7.22. The van der Waals surface area contributed by atoms with Crippen LogP contribution >= 0.6 is 0 Å². The molecule has 0 saturated carbocycles. The molecule has 0 radical (unpaired) electrons. The van der Waals surface area contributed by atoms with Gasteiger partial charge in [-0.25, -0.2) is 4.98 Å². The Labute approximate surface area is 166 Å². The summed E-state index contributed by atoms with van der Waals surface area (Å²) in [5, 5.41) is 6.69. The van der Waals surface area contributed by atoms with Crippen molar-refractivity contribution < 1.29 is 13.7 Å². The minimum Gasteiger partial charge on any atom is -0.442 e. The normalized spacial score (nSPS) is 11.3. The van der Waals surface area contributed by atoms with Gasteiger partial charge in [-0.2, -0.15) is 0 Å². The van der Waals surface area contributed by atoms with Crippen LogP contribution in [0.2, 0.25) is 0 Å². The smallest absolute Gasteiger partial charge is 0.265 e. The van der Waals surface area contributed by atoms with Crippen molar-refractivity contribution >= 4 is 22.7 Å². The minimum atomic E-state index is -0.421. The zero-order chi connectivity index (χ0) is 20.5. The van der Waals surface area contributed by atoms with E-state index in [0.717, 1.165) is 5.56 Å². The summed E-state index contributed by atoms with van der Waals surface area (Å²) in [6, 6.07) is 8.89. The third kappa shape index (κ3) is 3.56. The Bertz CT molecular complexity index is 1220. The van der Waals surface area contributed by atoms with E-state index in [-0.39, 0.29) is 28.1 Å². The Morgan fingerprint density at radius 2 is 1.97 bits per heavy atom. The van der Waals surface area contributed by atoms with E-state index in [2.05, 4.69) is 15.5 Å². The lowest BCUT2D eigenvalue weighted by Gasteiger charge is -2.08. The van der Waals surface area contributed by atoms with Gasteiger partial charge in [-0.15, -0.1) is 0 Å². The van der Waals surface area contributed by atoms with Crippen molar-refractivity contribution in [2.75, 3.05) is 5.32 Å². The number of nitrogens with one attached hydrogen (secondary N) is 1. The number of aromatic nitrogens is 3. The van der Waals surface area contributed by atoms with Gasteiger partial charge in [-0.3, -0.25) is 14.2 Å². The molecular formula is C21H20N4O4. The molecule has 4 aromatic rings. The van der Waals surface area contributed by atoms with Gasteiger partial charge in [0.1, 0.15) is 17.5 Å². The molecule has 0 unspecified atom stereocenters. The Balaban J connectivity index is 1.66. The van der Waals surface area contributed by atoms with Gasteiger partial charge in [0, 0.05) is 23.9 Å². The Kier molecular flexibility index (Phi) is 4.75. The summed E-state index contributed by atoms with van der Waals surface area (Å²) in [6.45, 7) is 6.17. The summed E-state index contributed by atoms with van der Waals surface area (Å²) in [5.74, 6) is 0.828. The first-order valence-corrected chi connectivity index (χ1v) is 9.25. The number of benzene rings is 1. The van der Waals surface area contributed by atoms with Gasteiger partial charge in [0.25, 0.3) is 11.5 Å². The predicted molar refractivity (Wildman–Crippen MR) is 108 cm³/mol. The molecule has 1 amide bonds. The van der Waals surface area contributed by atoms with Crippen LogP contribution in [0.15, 0.2) is 56.6 Å². The summed E-state index contributed by atoms with van der Waals surface area (Å²) in [7, 11) is 0. The van der Waals surface area contributed by atoms with E-state index in [1.54, 1.807) is 31.3 Å². The van der Waals surface area contributed by atoms with Crippen molar-refractivity contribution in [2.45, 2.75) is 27.3 Å². The van der Waals surface area contributed by atoms with Gasteiger partial charge in [0.2, 0.25) is 5.71 Å². The maximum Gasteiger partial charge on any atom is 0.265 e. The second-order valence-corrected chi connectivity index (χ2v) is 7.22. The number of rotatable bonds is 5. The van der Waals surface area contributed by atoms with Gasteiger partial charge in [0.05, 0.1) is 11.8 Å². The van der Waals surface area contributed by atoms with Gasteiger partial charge >= 0.3 is 0 Å². The molecule has 29 heavy (non-hydrogen) atoms. The number of furan rings is 1. The van der Waals surface area contributed by atoms with Crippen molar-refractivity contribution in [3.63, 3.8) is 0 Å². The van der Waals surface area contributed by atoms with Crippen LogP contribution in [0.3, 0.4) is 0 Å². The Morgan fingerprint density at radius 1 is 1.21 bits per heavy atom. The molecule has 3 heterocycles. The van der Waals surface area contributed by atoms with Crippen molar-refractivity contribution in [1.82, 2.24) is 14.7 Å². The van der Waals surface area contributed by atoms with Crippen LogP contribution in [-0.2, 0) is 6.54 Å². The fraction of sp³-hybridized carbons (Fsp3) is 0.238. The monoisotopic (exact) mass is 392 g/mol. The molecule has 3 aromatic heterocycles. The number of amides is 1. The quantitative estimate of drug-likeness (QED) is 0.553. The zero-order valence-electron chi connectivity index (χ0n) is 16.3. The topological polar surface area (TPSA) is 103 Å². The summed E-state index contributed by atoms with van der Waals surface area (Å²) in [6.07, 6.45) is 3.02. The first-order chi connectivity index (χ1) is 13.9. The highest BCUT2D eigenvalue weighted by atomic mass is 16.5. The molecule has 0 atom stereocenters. The molecule has 0 aliphatic rings. The van der Waals surface area contributed by atoms with Crippen LogP contribution in [0.1, 0.15) is 30.0 Å². The van der Waals surface area contributed by atoms with E-state index in [4.69, 9.17) is 8.94 Å². The van der Waals surface area contributed by atoms with Crippen LogP contribution in [-0.4, -0.2) is 20.6 Å². The van der Waals surface area contributed by atoms with Crippen molar-refractivity contribution in [3.8, 4) is 11.3 Å². The summed E-state index contributed by atoms with van der Waals surface area (Å²) in [5.41, 5.74) is 1.50. The number of carbonyl (C=O) groups excluding carboxylic acids is 1. The first-order valence-electron chi connectivity index (χ1n) is 9.25. The van der Waals surface area contributed by atoms with Crippen LogP contribution in [0.4, 0.5) is 5.69 Å². The fourth-order valence-corrected chi connectivity index (χ4v) is 3.21. The molecule has 0 bridgehead atoms. The number of hydrogen-bond acceptors (Lipinski definition) is 6. The highest BCUT2D eigenvalue weighted by molar-refractivity contribution is 6.12. The van der Waals surface area contributed by atoms with Crippen LogP contribution in [0.5, 0.6) is 0 Å². The zero-order valence-corrected chi connectivity index (χ0v) is 16.3. The molecular weight excluding hydrogens is 372 g/mol. The van der Waals surface area contributed by atoms with E-state index in [1.165, 1.54) is 10.9 Å². The third-order valence-corrected chi connectivity index (χ3v) is 4.51. The van der Waals surface area contributed by atoms with Gasteiger partial charge in [-0.1, -0.05) is 19.0 Å². The SMILES string of the molecule is Cc1oc2ncn(CC(C)C)c(=O)c2c1C(=O)Nc1ccc(-c2ccno2)cc1. The standard InChI is InChI=1S/C21H20N4O4/c1-12(2)10-25-11-22-20-18(21(25)27)17(13(3)28-20)19(26)24-15-6-4-14(5-7-15)16-8-9-23-29-16/h4-9,11-12H,10H2,1-3H3,(H,24,26). The molecule has 0 aliphatic heterocycles. The number of carbonyl (C=O) groups is 1. The van der Waals surface area contributed by atoms with Crippen molar-refractivity contribution in [2.24, 2.45) is 5.92 Å². The molecule has 8 nitrogen and oxygen atoms in total. The molecule has 4 rings (SSSR count). The first kappa shape index (κ1) is 18.7. The minimum absolute atomic E-state index is 0.165. The van der Waals surface area contributed by atoms with Gasteiger partial charge < -0.3 is 14.3 Å². The molecule has 0 saturated heterocycles. The Morgan fingerprint density at radius 3 is 2.62 bits per heavy atom. The lowest BCUT2D eigenvalue weighted by atomic mass is 10.1. The molecule has 0 fully saturated rings. The predicted octanol–water partition coefficient (Wildman–Crippen LogP) is 3.86. The van der Waals surface area contributed by atoms with E-state index in [1.807, 2.05) is 26.0 Å². The van der Waals surface area contributed by atoms with Crippen LogP contribution in [0, 0.1) is 12.8 Å². The molecule has 0 aliphatic carbocycles. The van der Waals surface area contributed by atoms with Gasteiger partial charge in [0.15, 0.2) is 5.76 Å². The van der Waals surface area contributed by atoms with Crippen molar-refractivity contribution in [3.05, 3.63) is 64.5 Å². The maximum absolute atomic E-state index is 12.9. The van der Waals surface area contributed by atoms with Crippen LogP contribution in [0.25, 0.3) is 22.4 Å². The average molecular weight is 392 g/mol. The highest BCUT2D eigenvalue weighted by Crippen LogP contribution is 2.24. The molecule has 8 heteroatoms. The number of anilines is 1. The summed E-state index contributed by atoms with van der Waals surface area (Å²) in [4.78, 5) is 30.0. The summed E-state index contributed by atoms with van der Waals surface area (Å²) >= 11 is 0. The van der Waals surface area contributed by atoms with E-state index < -0.39 is 5.91 Å². The van der Waals surface area contributed by atoms with Crippen molar-refractivity contribution in [1.29, 1.82) is 0 Å². The van der Waals surface area contributed by atoms with E-state index in [0.29, 0.717) is 23.8 Å². The fourth-order valence-electron chi connectivity index (χ4n) is 3.21. The summed E-state index contributed by atoms with van der Waals surface area (Å²) < 4.78 is 12.2. The molecule has 1 N–H and O–H groups in total. The third-order valence-electron chi connectivity index (χ3n) is 4.51. The van der Waals surface area contributed by atoms with E-state index in [9.17, 15) is 9.59 Å². The lowest BCUT2D eigenvalue weighted by molar-refractivity contribution is 0.102. The number of fused-ring (bicyclic) bond motifs is 1. The van der Waals surface area contributed by atoms with Crippen LogP contribution < -0.4 is 10.9 Å². The largest absolute Gasteiger partial charge is 0.442 e. The molecule has 148 valence electrons. The number of aryl methyl sites for hydroxylation is 1. The maximum atomic E-state index is 12.9. The number of nitrogens with zero attached hydrogens (tertiary/aromatic N) is 3. The van der Waals surface area contributed by atoms with Gasteiger partial charge in [-0.05, 0) is 37.1 Å². The van der Waals surface area contributed by atoms with E-state index >= 15 is 0 Å². The average Bonchev–Trinajstić information content (AvgIpc) is 3.32. The number of hydrogen-bond donors (Lipinski definition) is 1. The second kappa shape index (κ2) is 7.38.